The van der Waals surface area contributed by atoms with Gasteiger partial charge in [0.15, 0.2) is 0 Å². The molecule has 9 heteroatoms. The third-order valence-corrected chi connectivity index (χ3v) is 2.59. The molecule has 0 fully saturated rings. The number of halogens is 1. The number of nitro benzene ring substituents is 1. The van der Waals surface area contributed by atoms with Crippen LogP contribution in [0.1, 0.15) is 12.5 Å². The second kappa shape index (κ2) is 6.31. The van der Waals surface area contributed by atoms with E-state index in [2.05, 4.69) is 15.0 Å². The average molecular weight is 311 g/mol. The van der Waals surface area contributed by atoms with Crippen LogP contribution >= 0.6 is 11.6 Å². The summed E-state index contributed by atoms with van der Waals surface area (Å²) in [7, 11) is 0. The number of para-hydroxylation sites is 1. The van der Waals surface area contributed by atoms with Crippen LogP contribution in [0.15, 0.2) is 18.2 Å². The Morgan fingerprint density at radius 1 is 1.29 bits per heavy atom. The minimum absolute atomic E-state index is 0.0104. The second-order valence-electron chi connectivity index (χ2n) is 3.88. The number of hydrogen-bond donors (Lipinski definition) is 0. The highest BCUT2D eigenvalue weighted by Crippen LogP contribution is 2.33. The van der Waals surface area contributed by atoms with Crippen molar-refractivity contribution in [2.24, 2.45) is 0 Å². The van der Waals surface area contributed by atoms with Crippen LogP contribution in [0.5, 0.6) is 17.8 Å². The third-order valence-electron chi connectivity index (χ3n) is 2.42. The maximum absolute atomic E-state index is 11.0. The van der Waals surface area contributed by atoms with Crippen molar-refractivity contribution in [1.29, 1.82) is 0 Å². The standard InChI is InChI=1S/C12H11ClN4O4/c1-3-20-11-14-10(13)15-12(16-11)21-9-7(2)5-4-6-8(9)17(18)19/h4-6H,3H2,1-2H3. The molecular formula is C12H11ClN4O4. The molecule has 0 saturated carbocycles. The monoisotopic (exact) mass is 310 g/mol. The van der Waals surface area contributed by atoms with Gasteiger partial charge in [-0.3, -0.25) is 10.1 Å². The van der Waals surface area contributed by atoms with Crippen LogP contribution < -0.4 is 9.47 Å². The number of rotatable bonds is 5. The summed E-state index contributed by atoms with van der Waals surface area (Å²) >= 11 is 5.74. The van der Waals surface area contributed by atoms with Crippen molar-refractivity contribution in [2.75, 3.05) is 6.61 Å². The van der Waals surface area contributed by atoms with Gasteiger partial charge in [0.25, 0.3) is 0 Å². The smallest absolute Gasteiger partial charge is 0.329 e. The van der Waals surface area contributed by atoms with Crippen molar-refractivity contribution in [2.45, 2.75) is 13.8 Å². The Bertz CT molecular complexity index is 680. The molecule has 0 aliphatic carbocycles. The maximum Gasteiger partial charge on any atom is 0.329 e. The van der Waals surface area contributed by atoms with E-state index in [1.807, 2.05) is 0 Å². The largest absolute Gasteiger partial charge is 0.464 e. The number of aromatic nitrogens is 3. The van der Waals surface area contributed by atoms with Crippen molar-refractivity contribution in [1.82, 2.24) is 15.0 Å². The highest BCUT2D eigenvalue weighted by molar-refractivity contribution is 6.28. The van der Waals surface area contributed by atoms with E-state index < -0.39 is 4.92 Å². The summed E-state index contributed by atoms with van der Waals surface area (Å²) in [6.45, 7) is 3.77. The molecular weight excluding hydrogens is 300 g/mol. The molecule has 110 valence electrons. The van der Waals surface area contributed by atoms with Crippen LogP contribution in [0.2, 0.25) is 5.28 Å². The molecule has 0 amide bonds. The van der Waals surface area contributed by atoms with E-state index in [-0.39, 0.29) is 28.7 Å². The van der Waals surface area contributed by atoms with Crippen molar-refractivity contribution >= 4 is 17.3 Å². The predicted octanol–water partition coefficient (Wildman–Crippen LogP) is 2.93. The fraction of sp³-hybridized carbons (Fsp3) is 0.250. The predicted molar refractivity (Wildman–Crippen MR) is 73.9 cm³/mol. The maximum atomic E-state index is 11.0. The number of ether oxygens (including phenoxy) is 2. The van der Waals surface area contributed by atoms with Gasteiger partial charge in [-0.25, -0.2) is 0 Å². The normalized spacial score (nSPS) is 10.2. The molecule has 0 aliphatic rings. The van der Waals surface area contributed by atoms with E-state index in [4.69, 9.17) is 21.1 Å². The van der Waals surface area contributed by atoms with Gasteiger partial charge < -0.3 is 9.47 Å². The summed E-state index contributed by atoms with van der Waals surface area (Å²) < 4.78 is 10.5. The van der Waals surface area contributed by atoms with E-state index in [1.165, 1.54) is 6.07 Å². The fourth-order valence-electron chi connectivity index (χ4n) is 1.56. The number of hydrogen-bond acceptors (Lipinski definition) is 7. The minimum Gasteiger partial charge on any atom is -0.464 e. The zero-order valence-electron chi connectivity index (χ0n) is 11.2. The molecule has 0 spiro atoms. The Morgan fingerprint density at radius 2 is 2.00 bits per heavy atom. The Kier molecular flexibility index (Phi) is 4.49. The third kappa shape index (κ3) is 3.54. The molecule has 0 aliphatic heterocycles. The molecule has 0 atom stereocenters. The number of nitrogens with zero attached hydrogens (tertiary/aromatic N) is 4. The van der Waals surface area contributed by atoms with E-state index in [9.17, 15) is 10.1 Å². The lowest BCUT2D eigenvalue weighted by Crippen LogP contribution is -2.03. The molecule has 2 rings (SSSR count). The Balaban J connectivity index is 2.40. The lowest BCUT2D eigenvalue weighted by molar-refractivity contribution is -0.385. The van der Waals surface area contributed by atoms with Crippen molar-refractivity contribution in [3.05, 3.63) is 39.2 Å². The average Bonchev–Trinajstić information content (AvgIpc) is 2.40. The molecule has 2 aromatic rings. The molecule has 1 aromatic carbocycles. The van der Waals surface area contributed by atoms with Gasteiger partial charge in [0.2, 0.25) is 11.0 Å². The van der Waals surface area contributed by atoms with Gasteiger partial charge in [0.1, 0.15) is 0 Å². The molecule has 1 aromatic heterocycles. The van der Waals surface area contributed by atoms with Gasteiger partial charge >= 0.3 is 17.7 Å². The Hall–Kier alpha value is -2.48. The van der Waals surface area contributed by atoms with Gasteiger partial charge in [-0.15, -0.1) is 4.98 Å². The topological polar surface area (TPSA) is 100 Å². The number of nitro groups is 1. The van der Waals surface area contributed by atoms with Crippen LogP contribution in [0.3, 0.4) is 0 Å². The molecule has 0 bridgehead atoms. The highest BCUT2D eigenvalue weighted by atomic mass is 35.5. The number of benzene rings is 1. The molecule has 0 radical (unpaired) electrons. The Morgan fingerprint density at radius 3 is 2.67 bits per heavy atom. The first-order chi connectivity index (χ1) is 10.0. The van der Waals surface area contributed by atoms with Crippen LogP contribution in [0, 0.1) is 17.0 Å². The summed E-state index contributed by atoms with van der Waals surface area (Å²) in [5.41, 5.74) is 0.378. The minimum atomic E-state index is -0.547. The highest BCUT2D eigenvalue weighted by Gasteiger charge is 2.19. The lowest BCUT2D eigenvalue weighted by Gasteiger charge is -2.08. The van der Waals surface area contributed by atoms with Gasteiger partial charge in [0.05, 0.1) is 11.5 Å². The van der Waals surface area contributed by atoms with Crippen molar-refractivity contribution in [3.63, 3.8) is 0 Å². The summed E-state index contributed by atoms with van der Waals surface area (Å²) in [4.78, 5) is 21.9. The fourth-order valence-corrected chi connectivity index (χ4v) is 1.70. The summed E-state index contributed by atoms with van der Waals surface area (Å²) in [6, 6.07) is 4.38. The van der Waals surface area contributed by atoms with Gasteiger partial charge in [-0.1, -0.05) is 12.1 Å². The van der Waals surface area contributed by atoms with Gasteiger partial charge in [-0.05, 0) is 31.0 Å². The second-order valence-corrected chi connectivity index (χ2v) is 4.22. The summed E-state index contributed by atoms with van der Waals surface area (Å²) in [5, 5.41) is 10.9. The summed E-state index contributed by atoms with van der Waals surface area (Å²) in [5.74, 6) is 0.0483. The number of aryl methyl sites for hydroxylation is 1. The summed E-state index contributed by atoms with van der Waals surface area (Å²) in [6.07, 6.45) is 0. The van der Waals surface area contributed by atoms with Crippen molar-refractivity contribution < 1.29 is 14.4 Å². The van der Waals surface area contributed by atoms with Crippen LogP contribution in [-0.2, 0) is 0 Å². The van der Waals surface area contributed by atoms with E-state index in [0.717, 1.165) is 0 Å². The molecule has 0 saturated heterocycles. The molecule has 8 nitrogen and oxygen atoms in total. The van der Waals surface area contributed by atoms with Gasteiger partial charge in [0, 0.05) is 6.07 Å². The zero-order chi connectivity index (χ0) is 15.4. The van der Waals surface area contributed by atoms with Crippen molar-refractivity contribution in [3.8, 4) is 17.8 Å². The first kappa shape index (κ1) is 14.9. The first-order valence-corrected chi connectivity index (χ1v) is 6.35. The zero-order valence-corrected chi connectivity index (χ0v) is 12.0. The van der Waals surface area contributed by atoms with E-state index >= 15 is 0 Å². The Labute approximate surface area is 124 Å². The SMILES string of the molecule is CCOc1nc(Cl)nc(Oc2c(C)cccc2[N+](=O)[O-])n1. The molecule has 0 N–H and O–H groups in total. The molecule has 21 heavy (non-hydrogen) atoms. The molecule has 1 heterocycles. The van der Waals surface area contributed by atoms with Crippen LogP contribution in [-0.4, -0.2) is 26.5 Å². The first-order valence-electron chi connectivity index (χ1n) is 5.97. The van der Waals surface area contributed by atoms with Gasteiger partial charge in [-0.2, -0.15) is 9.97 Å². The lowest BCUT2D eigenvalue weighted by atomic mass is 10.2. The molecule has 0 unspecified atom stereocenters. The van der Waals surface area contributed by atoms with Crippen LogP contribution in [0.25, 0.3) is 0 Å². The van der Waals surface area contributed by atoms with Crippen LogP contribution in [0.4, 0.5) is 5.69 Å². The van der Waals surface area contributed by atoms with E-state index in [0.29, 0.717) is 12.2 Å². The quantitative estimate of drug-likeness (QED) is 0.618. The van der Waals surface area contributed by atoms with E-state index in [1.54, 1.807) is 26.0 Å².